The lowest BCUT2D eigenvalue weighted by atomic mass is 10.0. The Morgan fingerprint density at radius 1 is 1.14 bits per heavy atom. The van der Waals surface area contributed by atoms with Crippen LogP contribution in [0.3, 0.4) is 0 Å². The van der Waals surface area contributed by atoms with Gasteiger partial charge in [-0.15, -0.1) is 0 Å². The van der Waals surface area contributed by atoms with Crippen LogP contribution in [-0.4, -0.2) is 38.0 Å². The average Bonchev–Trinajstić information content (AvgIpc) is 2.61. The SMILES string of the molecule is C[C@H](OC(=O)Cn1ccc(=O)[nH]c1=O)C(=O)N(Cc1ccccc1)C(C)(C)C. The second-order valence-electron chi connectivity index (χ2n) is 7.45. The van der Waals surface area contributed by atoms with Gasteiger partial charge in [-0.2, -0.15) is 0 Å². The van der Waals surface area contributed by atoms with Crippen LogP contribution in [-0.2, 0) is 27.4 Å². The normalized spacial score (nSPS) is 12.3. The van der Waals surface area contributed by atoms with Gasteiger partial charge in [-0.1, -0.05) is 30.3 Å². The summed E-state index contributed by atoms with van der Waals surface area (Å²) in [6.45, 7) is 7.19. The molecular weight excluding hydrogens is 362 g/mol. The highest BCUT2D eigenvalue weighted by Crippen LogP contribution is 2.19. The number of nitrogens with zero attached hydrogens (tertiary/aromatic N) is 2. The molecule has 1 N–H and O–H groups in total. The van der Waals surface area contributed by atoms with E-state index in [1.54, 1.807) is 4.90 Å². The van der Waals surface area contributed by atoms with Gasteiger partial charge in [-0.05, 0) is 33.3 Å². The molecule has 1 heterocycles. The standard InChI is InChI=1S/C20H25N3O5/c1-14(28-17(25)13-22-11-10-16(24)21-19(22)27)18(26)23(20(2,3)4)12-15-8-6-5-7-9-15/h5-11,14H,12-13H2,1-4H3,(H,21,24,27)/t14-/m0/s1. The third-order valence-electron chi connectivity index (χ3n) is 4.11. The maximum atomic E-state index is 12.9. The predicted octanol–water partition coefficient (Wildman–Crippen LogP) is 1.30. The molecule has 2 aromatic rings. The molecule has 2 rings (SSSR count). The third-order valence-corrected chi connectivity index (χ3v) is 4.11. The van der Waals surface area contributed by atoms with Crippen molar-refractivity contribution in [3.8, 4) is 0 Å². The van der Waals surface area contributed by atoms with Crippen LogP contribution in [0.15, 0.2) is 52.2 Å². The van der Waals surface area contributed by atoms with Gasteiger partial charge in [0.05, 0.1) is 0 Å². The van der Waals surface area contributed by atoms with Gasteiger partial charge in [0.25, 0.3) is 11.5 Å². The topological polar surface area (TPSA) is 101 Å². The van der Waals surface area contributed by atoms with Crippen LogP contribution in [0.4, 0.5) is 0 Å². The van der Waals surface area contributed by atoms with Crippen molar-refractivity contribution in [1.82, 2.24) is 14.5 Å². The predicted molar refractivity (Wildman–Crippen MR) is 104 cm³/mol. The van der Waals surface area contributed by atoms with Gasteiger partial charge in [0.2, 0.25) is 0 Å². The Kier molecular flexibility index (Phi) is 6.56. The summed E-state index contributed by atoms with van der Waals surface area (Å²) in [5.74, 6) is -1.08. The molecule has 0 aliphatic rings. The molecule has 0 bridgehead atoms. The van der Waals surface area contributed by atoms with Crippen LogP contribution in [0, 0.1) is 0 Å². The van der Waals surface area contributed by atoms with E-state index >= 15 is 0 Å². The minimum Gasteiger partial charge on any atom is -0.451 e. The number of nitrogens with one attached hydrogen (secondary N) is 1. The first-order valence-electron chi connectivity index (χ1n) is 8.92. The summed E-state index contributed by atoms with van der Waals surface area (Å²) in [5, 5.41) is 0. The number of carbonyl (C=O) groups is 2. The Bertz CT molecular complexity index is 941. The van der Waals surface area contributed by atoms with Crippen LogP contribution in [0.5, 0.6) is 0 Å². The van der Waals surface area contributed by atoms with Crippen molar-refractivity contribution in [1.29, 1.82) is 0 Å². The molecule has 0 spiro atoms. The molecule has 28 heavy (non-hydrogen) atoms. The van der Waals surface area contributed by atoms with E-state index in [2.05, 4.69) is 4.98 Å². The van der Waals surface area contributed by atoms with Crippen LogP contribution >= 0.6 is 0 Å². The summed E-state index contributed by atoms with van der Waals surface area (Å²) < 4.78 is 6.24. The summed E-state index contributed by atoms with van der Waals surface area (Å²) >= 11 is 0. The van der Waals surface area contributed by atoms with Crippen molar-refractivity contribution in [3.63, 3.8) is 0 Å². The Labute approximate surface area is 162 Å². The van der Waals surface area contributed by atoms with Crippen LogP contribution < -0.4 is 11.2 Å². The van der Waals surface area contributed by atoms with E-state index in [9.17, 15) is 19.2 Å². The fourth-order valence-electron chi connectivity index (χ4n) is 2.62. The van der Waals surface area contributed by atoms with Crippen molar-refractivity contribution in [2.75, 3.05) is 0 Å². The molecule has 0 unspecified atom stereocenters. The Hall–Kier alpha value is -3.16. The van der Waals surface area contributed by atoms with Gasteiger partial charge >= 0.3 is 11.7 Å². The number of aromatic amines is 1. The van der Waals surface area contributed by atoms with Crippen LogP contribution in [0.25, 0.3) is 0 Å². The van der Waals surface area contributed by atoms with E-state index in [0.717, 1.165) is 16.2 Å². The summed E-state index contributed by atoms with van der Waals surface area (Å²) in [5.41, 5.74) is -0.795. The van der Waals surface area contributed by atoms with E-state index in [-0.39, 0.29) is 5.91 Å². The third kappa shape index (κ3) is 5.67. The molecule has 1 amide bonds. The Morgan fingerprint density at radius 2 is 1.79 bits per heavy atom. The van der Waals surface area contributed by atoms with Crippen molar-refractivity contribution in [3.05, 3.63) is 69.0 Å². The van der Waals surface area contributed by atoms with E-state index < -0.39 is 35.4 Å². The molecule has 0 saturated heterocycles. The number of rotatable bonds is 6. The molecule has 1 atom stereocenters. The fourth-order valence-corrected chi connectivity index (χ4v) is 2.62. The van der Waals surface area contributed by atoms with Gasteiger partial charge in [-0.3, -0.25) is 23.9 Å². The zero-order chi connectivity index (χ0) is 20.9. The molecule has 150 valence electrons. The molecule has 0 fully saturated rings. The highest BCUT2D eigenvalue weighted by molar-refractivity contribution is 5.84. The van der Waals surface area contributed by atoms with Gasteiger partial charge in [-0.25, -0.2) is 4.79 Å². The smallest absolute Gasteiger partial charge is 0.328 e. The second kappa shape index (κ2) is 8.69. The quantitative estimate of drug-likeness (QED) is 0.753. The van der Waals surface area contributed by atoms with E-state index in [4.69, 9.17) is 4.74 Å². The first-order chi connectivity index (χ1) is 13.1. The number of carbonyl (C=O) groups excluding carboxylic acids is 2. The van der Waals surface area contributed by atoms with Crippen LogP contribution in [0.1, 0.15) is 33.3 Å². The lowest BCUT2D eigenvalue weighted by Gasteiger charge is -2.37. The number of benzene rings is 1. The summed E-state index contributed by atoms with van der Waals surface area (Å²) in [4.78, 5) is 51.5. The fraction of sp³-hybridized carbons (Fsp3) is 0.400. The lowest BCUT2D eigenvalue weighted by Crippen LogP contribution is -2.49. The molecule has 8 heteroatoms. The van der Waals surface area contributed by atoms with Crippen molar-refractivity contribution >= 4 is 11.9 Å². The first-order valence-corrected chi connectivity index (χ1v) is 8.92. The lowest BCUT2D eigenvalue weighted by molar-refractivity contribution is -0.162. The minimum atomic E-state index is -1.02. The molecule has 1 aromatic heterocycles. The summed E-state index contributed by atoms with van der Waals surface area (Å²) in [6, 6.07) is 10.7. The summed E-state index contributed by atoms with van der Waals surface area (Å²) in [7, 11) is 0. The monoisotopic (exact) mass is 387 g/mol. The summed E-state index contributed by atoms with van der Waals surface area (Å²) in [6.07, 6.45) is 0.181. The molecule has 0 aliphatic carbocycles. The van der Waals surface area contributed by atoms with Crippen LogP contribution in [0.2, 0.25) is 0 Å². The largest absolute Gasteiger partial charge is 0.451 e. The van der Waals surface area contributed by atoms with Gasteiger partial charge in [0.1, 0.15) is 6.54 Å². The number of ether oxygens (including phenoxy) is 1. The first kappa shape index (κ1) is 21.1. The number of hydrogen-bond donors (Lipinski definition) is 1. The molecule has 1 aromatic carbocycles. The average molecular weight is 387 g/mol. The molecule has 0 saturated carbocycles. The van der Waals surface area contributed by atoms with Gasteiger partial charge in [0.15, 0.2) is 6.10 Å². The highest BCUT2D eigenvalue weighted by atomic mass is 16.5. The number of esters is 1. The highest BCUT2D eigenvalue weighted by Gasteiger charge is 2.31. The van der Waals surface area contributed by atoms with E-state index in [1.165, 1.54) is 13.1 Å². The Balaban J connectivity index is 2.08. The van der Waals surface area contributed by atoms with Crippen molar-refractivity contribution in [2.45, 2.75) is 52.4 Å². The van der Waals surface area contributed by atoms with Gasteiger partial charge < -0.3 is 9.64 Å². The molecule has 0 aliphatic heterocycles. The molecule has 8 nitrogen and oxygen atoms in total. The second-order valence-corrected chi connectivity index (χ2v) is 7.45. The van der Waals surface area contributed by atoms with Crippen molar-refractivity contribution < 1.29 is 14.3 Å². The number of hydrogen-bond acceptors (Lipinski definition) is 5. The number of H-pyrrole nitrogens is 1. The maximum Gasteiger partial charge on any atom is 0.328 e. The van der Waals surface area contributed by atoms with Gasteiger partial charge in [0, 0.05) is 24.3 Å². The zero-order valence-electron chi connectivity index (χ0n) is 16.5. The number of amides is 1. The molecule has 0 radical (unpaired) electrons. The van der Waals surface area contributed by atoms with E-state index in [0.29, 0.717) is 6.54 Å². The van der Waals surface area contributed by atoms with Crippen molar-refractivity contribution in [2.24, 2.45) is 0 Å². The number of aromatic nitrogens is 2. The maximum absolute atomic E-state index is 12.9. The van der Waals surface area contributed by atoms with E-state index in [1.807, 2.05) is 51.1 Å². The Morgan fingerprint density at radius 3 is 2.36 bits per heavy atom. The zero-order valence-corrected chi connectivity index (χ0v) is 16.5. The minimum absolute atomic E-state index is 0.335. The molecular formula is C20H25N3O5.